The Kier molecular flexibility index (Phi) is 4.66. The summed E-state index contributed by atoms with van der Waals surface area (Å²) < 4.78 is 27.1. The Labute approximate surface area is 156 Å². The standard InChI is InChI=1S/C17H17N5O2S2/c23-26(24,17-4-2-12-25-17)22-10-8-21(9-11-22)16-6-5-15(19-20-16)14-3-1-7-18-13-14/h1-7,12-13H,8-11H2. The molecule has 26 heavy (non-hydrogen) atoms. The van der Waals surface area contributed by atoms with E-state index in [2.05, 4.69) is 20.1 Å². The van der Waals surface area contributed by atoms with Gasteiger partial charge in [-0.05, 0) is 35.7 Å². The molecule has 4 heterocycles. The van der Waals surface area contributed by atoms with Crippen molar-refractivity contribution in [2.75, 3.05) is 31.1 Å². The van der Waals surface area contributed by atoms with Gasteiger partial charge in [0.15, 0.2) is 5.82 Å². The molecular weight excluding hydrogens is 370 g/mol. The first-order valence-electron chi connectivity index (χ1n) is 8.17. The quantitative estimate of drug-likeness (QED) is 0.682. The zero-order valence-electron chi connectivity index (χ0n) is 13.9. The Balaban J connectivity index is 1.44. The zero-order chi connectivity index (χ0) is 18.0. The van der Waals surface area contributed by atoms with Crippen molar-refractivity contribution in [3.8, 4) is 11.3 Å². The molecular formula is C17H17N5O2S2. The molecule has 0 N–H and O–H groups in total. The molecule has 9 heteroatoms. The van der Waals surface area contributed by atoms with Crippen molar-refractivity contribution in [3.63, 3.8) is 0 Å². The molecule has 134 valence electrons. The number of aromatic nitrogens is 3. The molecule has 0 aliphatic carbocycles. The first kappa shape index (κ1) is 17.1. The third-order valence-electron chi connectivity index (χ3n) is 4.26. The molecule has 3 aromatic rings. The van der Waals surface area contributed by atoms with E-state index in [0.717, 1.165) is 17.1 Å². The maximum Gasteiger partial charge on any atom is 0.252 e. The lowest BCUT2D eigenvalue weighted by atomic mass is 10.2. The van der Waals surface area contributed by atoms with Gasteiger partial charge in [-0.25, -0.2) is 8.42 Å². The van der Waals surface area contributed by atoms with E-state index >= 15 is 0 Å². The number of sulfonamides is 1. The second kappa shape index (κ2) is 7.10. The lowest BCUT2D eigenvalue weighted by Crippen LogP contribution is -2.48. The van der Waals surface area contributed by atoms with Crippen LogP contribution in [0.25, 0.3) is 11.3 Å². The van der Waals surface area contributed by atoms with Crippen molar-refractivity contribution >= 4 is 27.2 Å². The summed E-state index contributed by atoms with van der Waals surface area (Å²) in [5.41, 5.74) is 1.68. The minimum absolute atomic E-state index is 0.395. The predicted molar refractivity (Wildman–Crippen MR) is 101 cm³/mol. The minimum Gasteiger partial charge on any atom is -0.352 e. The minimum atomic E-state index is -3.38. The summed E-state index contributed by atoms with van der Waals surface area (Å²) in [5, 5.41) is 10.3. The van der Waals surface area contributed by atoms with Crippen LogP contribution in [0.15, 0.2) is 58.4 Å². The summed E-state index contributed by atoms with van der Waals surface area (Å²) in [4.78, 5) is 6.14. The van der Waals surface area contributed by atoms with Gasteiger partial charge < -0.3 is 4.90 Å². The van der Waals surface area contributed by atoms with Gasteiger partial charge in [0.1, 0.15) is 4.21 Å². The number of hydrogen-bond donors (Lipinski definition) is 0. The van der Waals surface area contributed by atoms with Gasteiger partial charge in [-0.2, -0.15) is 4.31 Å². The molecule has 1 aliphatic heterocycles. The van der Waals surface area contributed by atoms with E-state index in [1.807, 2.05) is 24.3 Å². The van der Waals surface area contributed by atoms with Crippen molar-refractivity contribution in [2.24, 2.45) is 0 Å². The largest absolute Gasteiger partial charge is 0.352 e. The number of pyridine rings is 1. The van der Waals surface area contributed by atoms with Crippen molar-refractivity contribution in [1.82, 2.24) is 19.5 Å². The predicted octanol–water partition coefficient (Wildman–Crippen LogP) is 2.11. The van der Waals surface area contributed by atoms with Crippen LogP contribution in [0.5, 0.6) is 0 Å². The van der Waals surface area contributed by atoms with Crippen molar-refractivity contribution in [3.05, 3.63) is 54.2 Å². The van der Waals surface area contributed by atoms with E-state index in [1.165, 1.54) is 15.6 Å². The smallest absolute Gasteiger partial charge is 0.252 e. The SMILES string of the molecule is O=S(=O)(c1cccs1)N1CCN(c2ccc(-c3cccnc3)nn2)CC1. The topological polar surface area (TPSA) is 79.3 Å². The fraction of sp³-hybridized carbons (Fsp3) is 0.235. The van der Waals surface area contributed by atoms with E-state index in [0.29, 0.717) is 30.4 Å². The summed E-state index contributed by atoms with van der Waals surface area (Å²) in [6.07, 6.45) is 3.47. The van der Waals surface area contributed by atoms with E-state index in [4.69, 9.17) is 0 Å². The van der Waals surface area contributed by atoms with Gasteiger partial charge in [0, 0.05) is 44.1 Å². The van der Waals surface area contributed by atoms with Gasteiger partial charge in [-0.3, -0.25) is 4.98 Å². The third-order valence-corrected chi connectivity index (χ3v) is 7.53. The second-order valence-corrected chi connectivity index (χ2v) is 8.95. The lowest BCUT2D eigenvalue weighted by Gasteiger charge is -2.34. The van der Waals surface area contributed by atoms with E-state index < -0.39 is 10.0 Å². The highest BCUT2D eigenvalue weighted by molar-refractivity contribution is 7.91. The fourth-order valence-corrected chi connectivity index (χ4v) is 5.42. The summed E-state index contributed by atoms with van der Waals surface area (Å²) >= 11 is 1.25. The Morgan fingerprint density at radius 3 is 2.42 bits per heavy atom. The number of hydrogen-bond acceptors (Lipinski definition) is 7. The molecule has 0 radical (unpaired) electrons. The number of piperazine rings is 1. The average Bonchev–Trinajstić information content (AvgIpc) is 3.25. The van der Waals surface area contributed by atoms with Crippen molar-refractivity contribution in [1.29, 1.82) is 0 Å². The highest BCUT2D eigenvalue weighted by Crippen LogP contribution is 2.23. The molecule has 0 atom stereocenters. The van der Waals surface area contributed by atoms with Crippen LogP contribution >= 0.6 is 11.3 Å². The van der Waals surface area contributed by atoms with Crippen LogP contribution in [-0.4, -0.2) is 54.1 Å². The molecule has 0 spiro atoms. The Hall–Kier alpha value is -2.36. The number of thiophene rings is 1. The highest BCUT2D eigenvalue weighted by Gasteiger charge is 2.29. The molecule has 1 saturated heterocycles. The number of anilines is 1. The average molecular weight is 387 g/mol. The van der Waals surface area contributed by atoms with Crippen molar-refractivity contribution < 1.29 is 8.42 Å². The second-order valence-electron chi connectivity index (χ2n) is 5.84. The Bertz CT molecular complexity index is 952. The van der Waals surface area contributed by atoms with E-state index in [1.54, 1.807) is 29.9 Å². The van der Waals surface area contributed by atoms with Gasteiger partial charge in [-0.1, -0.05) is 6.07 Å². The first-order chi connectivity index (χ1) is 12.6. The maximum atomic E-state index is 12.6. The molecule has 0 unspecified atom stereocenters. The molecule has 0 bridgehead atoms. The first-order valence-corrected chi connectivity index (χ1v) is 10.5. The van der Waals surface area contributed by atoms with Gasteiger partial charge >= 0.3 is 0 Å². The van der Waals surface area contributed by atoms with E-state index in [9.17, 15) is 8.42 Å². The lowest BCUT2D eigenvalue weighted by molar-refractivity contribution is 0.384. The highest BCUT2D eigenvalue weighted by atomic mass is 32.2. The van der Waals surface area contributed by atoms with Crippen LogP contribution < -0.4 is 4.90 Å². The third kappa shape index (κ3) is 3.33. The van der Waals surface area contributed by atoms with Gasteiger partial charge in [0.2, 0.25) is 0 Å². The Morgan fingerprint density at radius 1 is 0.962 bits per heavy atom. The Morgan fingerprint density at radius 2 is 1.81 bits per heavy atom. The van der Waals surface area contributed by atoms with Crippen LogP contribution in [0.1, 0.15) is 0 Å². The summed E-state index contributed by atoms with van der Waals surface area (Å²) in [5.74, 6) is 0.755. The van der Waals surface area contributed by atoms with Crippen LogP contribution in [0.2, 0.25) is 0 Å². The van der Waals surface area contributed by atoms with Crippen molar-refractivity contribution in [2.45, 2.75) is 4.21 Å². The molecule has 1 aliphatic rings. The maximum absolute atomic E-state index is 12.6. The van der Waals surface area contributed by atoms with E-state index in [-0.39, 0.29) is 0 Å². The van der Waals surface area contributed by atoms with Gasteiger partial charge in [0.25, 0.3) is 10.0 Å². The van der Waals surface area contributed by atoms with Gasteiger partial charge in [0.05, 0.1) is 5.69 Å². The molecule has 1 fully saturated rings. The van der Waals surface area contributed by atoms with Gasteiger partial charge in [-0.15, -0.1) is 21.5 Å². The van der Waals surface area contributed by atoms with Crippen LogP contribution in [0.3, 0.4) is 0 Å². The monoisotopic (exact) mass is 387 g/mol. The number of nitrogens with zero attached hydrogens (tertiary/aromatic N) is 5. The molecule has 3 aromatic heterocycles. The van der Waals surface area contributed by atoms with Crippen LogP contribution in [0.4, 0.5) is 5.82 Å². The molecule has 4 rings (SSSR count). The summed E-state index contributed by atoms with van der Waals surface area (Å²) in [6, 6.07) is 11.0. The normalized spacial score (nSPS) is 15.9. The zero-order valence-corrected chi connectivity index (χ0v) is 15.5. The molecule has 0 aromatic carbocycles. The summed E-state index contributed by atoms with van der Waals surface area (Å²) in [6.45, 7) is 2.05. The van der Waals surface area contributed by atoms with Crippen LogP contribution in [0, 0.1) is 0 Å². The molecule has 0 saturated carbocycles. The molecule has 7 nitrogen and oxygen atoms in total. The molecule has 0 amide bonds. The fourth-order valence-electron chi connectivity index (χ4n) is 2.86. The summed E-state index contributed by atoms with van der Waals surface area (Å²) in [7, 11) is -3.38. The van der Waals surface area contributed by atoms with Crippen LogP contribution in [-0.2, 0) is 10.0 Å². The number of rotatable bonds is 4.